The Bertz CT molecular complexity index is 488. The van der Waals surface area contributed by atoms with Crippen LogP contribution >= 0.6 is 11.6 Å². The van der Waals surface area contributed by atoms with Gasteiger partial charge in [0.05, 0.1) is 23.4 Å². The number of hydrogen-bond donors (Lipinski definition) is 1. The Kier molecular flexibility index (Phi) is 4.83. The third kappa shape index (κ3) is 3.89. The van der Waals surface area contributed by atoms with Crippen LogP contribution in [-0.2, 0) is 15.7 Å². The lowest BCUT2D eigenvalue weighted by molar-refractivity contribution is -0.140. The molecule has 1 aromatic carbocycles. The second kappa shape index (κ2) is 5.97. The lowest BCUT2D eigenvalue weighted by atomic mass is 10.1. The molecule has 1 atom stereocenters. The average molecular weight is 294 g/mol. The van der Waals surface area contributed by atoms with Crippen molar-refractivity contribution in [2.75, 3.05) is 12.4 Å². The third-order valence-corrected chi connectivity index (χ3v) is 2.63. The number of ether oxygens (including phenoxy) is 1. The first kappa shape index (κ1) is 15.4. The summed E-state index contributed by atoms with van der Waals surface area (Å²) in [5, 5.41) is 2.59. The molecule has 0 bridgehead atoms. The lowest BCUT2D eigenvalue weighted by Crippen LogP contribution is -2.28. The molecule has 104 valence electrons. The summed E-state index contributed by atoms with van der Waals surface area (Å²) in [6.45, 7) is 3.40. The minimum atomic E-state index is -4.49. The molecule has 1 unspecified atom stereocenters. The fourth-order valence-corrected chi connectivity index (χ4v) is 1.49. The van der Waals surface area contributed by atoms with E-state index in [2.05, 4.69) is 16.6 Å². The van der Waals surface area contributed by atoms with Gasteiger partial charge in [-0.25, -0.2) is 4.79 Å². The van der Waals surface area contributed by atoms with E-state index in [0.717, 1.165) is 25.3 Å². The summed E-state index contributed by atoms with van der Waals surface area (Å²) in [6.07, 6.45) is -3.28. The second-order valence-corrected chi connectivity index (χ2v) is 3.98. The van der Waals surface area contributed by atoms with Crippen LogP contribution in [0.25, 0.3) is 0 Å². The largest absolute Gasteiger partial charge is 0.467 e. The Morgan fingerprint density at radius 3 is 2.63 bits per heavy atom. The highest BCUT2D eigenvalue weighted by Gasteiger charge is 2.31. The number of hydrogen-bond acceptors (Lipinski definition) is 3. The third-order valence-electron chi connectivity index (χ3n) is 2.30. The molecule has 0 amide bonds. The van der Waals surface area contributed by atoms with Crippen LogP contribution in [0.3, 0.4) is 0 Å². The van der Waals surface area contributed by atoms with E-state index in [9.17, 15) is 18.0 Å². The molecule has 0 spiro atoms. The number of esters is 1. The maximum atomic E-state index is 12.6. The highest BCUT2D eigenvalue weighted by atomic mass is 35.5. The van der Waals surface area contributed by atoms with E-state index in [0.29, 0.717) is 0 Å². The van der Waals surface area contributed by atoms with Crippen LogP contribution in [-0.4, -0.2) is 19.1 Å². The van der Waals surface area contributed by atoms with Gasteiger partial charge >= 0.3 is 12.1 Å². The molecule has 0 aromatic heterocycles. The van der Waals surface area contributed by atoms with Gasteiger partial charge in [-0.15, -0.1) is 6.58 Å². The number of carbonyl (C=O) groups excluding carboxylic acids is 1. The van der Waals surface area contributed by atoms with Gasteiger partial charge in [-0.2, -0.15) is 13.2 Å². The van der Waals surface area contributed by atoms with Gasteiger partial charge in [-0.05, 0) is 18.2 Å². The number of alkyl halides is 3. The van der Waals surface area contributed by atoms with Crippen molar-refractivity contribution >= 4 is 23.3 Å². The van der Waals surface area contributed by atoms with Gasteiger partial charge in [-0.1, -0.05) is 17.7 Å². The number of methoxy groups -OCH3 is 1. The van der Waals surface area contributed by atoms with E-state index < -0.39 is 23.8 Å². The fourth-order valence-electron chi connectivity index (χ4n) is 1.32. The molecular formula is C12H11ClF3NO2. The van der Waals surface area contributed by atoms with E-state index in [1.54, 1.807) is 0 Å². The lowest BCUT2D eigenvalue weighted by Gasteiger charge is -2.16. The normalized spacial score (nSPS) is 12.7. The van der Waals surface area contributed by atoms with Crippen LogP contribution < -0.4 is 5.32 Å². The van der Waals surface area contributed by atoms with Crippen LogP contribution in [0, 0.1) is 0 Å². The van der Waals surface area contributed by atoms with Gasteiger partial charge in [0.1, 0.15) is 6.04 Å². The molecule has 19 heavy (non-hydrogen) atoms. The predicted molar refractivity (Wildman–Crippen MR) is 66.1 cm³/mol. The molecule has 0 heterocycles. The summed E-state index contributed by atoms with van der Waals surface area (Å²) in [6, 6.07) is 1.80. The van der Waals surface area contributed by atoms with Gasteiger partial charge < -0.3 is 10.1 Å². The van der Waals surface area contributed by atoms with Crippen LogP contribution in [0.2, 0.25) is 5.02 Å². The molecule has 7 heteroatoms. The zero-order chi connectivity index (χ0) is 14.6. The SMILES string of the molecule is C=CC(Nc1cc(C(F)(F)F)ccc1Cl)C(=O)OC. The Morgan fingerprint density at radius 2 is 2.16 bits per heavy atom. The maximum Gasteiger partial charge on any atom is 0.416 e. The van der Waals surface area contributed by atoms with Gasteiger partial charge in [0, 0.05) is 0 Å². The molecule has 0 saturated heterocycles. The topological polar surface area (TPSA) is 38.3 Å². The summed E-state index contributed by atoms with van der Waals surface area (Å²) in [5.41, 5.74) is -0.890. The molecule has 1 rings (SSSR count). The van der Waals surface area contributed by atoms with Crippen molar-refractivity contribution in [1.29, 1.82) is 0 Å². The minimum Gasteiger partial charge on any atom is -0.467 e. The second-order valence-electron chi connectivity index (χ2n) is 3.57. The van der Waals surface area contributed by atoms with Crippen molar-refractivity contribution in [1.82, 2.24) is 0 Å². The smallest absolute Gasteiger partial charge is 0.416 e. The molecule has 0 saturated carbocycles. The molecule has 0 radical (unpaired) electrons. The Morgan fingerprint density at radius 1 is 1.53 bits per heavy atom. The summed E-state index contributed by atoms with van der Waals surface area (Å²) < 4.78 is 42.2. The molecule has 0 aliphatic rings. The molecule has 0 fully saturated rings. The molecule has 1 N–H and O–H groups in total. The molecular weight excluding hydrogens is 283 g/mol. The molecule has 1 aromatic rings. The number of benzene rings is 1. The first-order valence-corrected chi connectivity index (χ1v) is 5.51. The van der Waals surface area contributed by atoms with E-state index in [-0.39, 0.29) is 10.7 Å². The number of nitrogens with one attached hydrogen (secondary N) is 1. The first-order valence-electron chi connectivity index (χ1n) is 5.13. The quantitative estimate of drug-likeness (QED) is 0.682. The molecule has 3 nitrogen and oxygen atoms in total. The zero-order valence-electron chi connectivity index (χ0n) is 9.92. The first-order chi connectivity index (χ1) is 8.79. The van der Waals surface area contributed by atoms with E-state index in [1.807, 2.05) is 0 Å². The maximum absolute atomic E-state index is 12.6. The van der Waals surface area contributed by atoms with Crippen molar-refractivity contribution in [3.8, 4) is 0 Å². The molecule has 0 aliphatic heterocycles. The summed E-state index contributed by atoms with van der Waals surface area (Å²) in [7, 11) is 1.16. The summed E-state index contributed by atoms with van der Waals surface area (Å²) in [4.78, 5) is 11.3. The monoisotopic (exact) mass is 293 g/mol. The summed E-state index contributed by atoms with van der Waals surface area (Å²) in [5.74, 6) is -0.677. The Hall–Kier alpha value is -1.69. The van der Waals surface area contributed by atoms with E-state index >= 15 is 0 Å². The van der Waals surface area contributed by atoms with E-state index in [1.165, 1.54) is 6.08 Å². The van der Waals surface area contributed by atoms with Crippen LogP contribution in [0.4, 0.5) is 18.9 Å². The number of rotatable bonds is 4. The van der Waals surface area contributed by atoms with Crippen molar-refractivity contribution in [3.05, 3.63) is 41.4 Å². The highest BCUT2D eigenvalue weighted by Crippen LogP contribution is 2.34. The van der Waals surface area contributed by atoms with Crippen molar-refractivity contribution in [2.24, 2.45) is 0 Å². The summed E-state index contributed by atoms with van der Waals surface area (Å²) >= 11 is 5.78. The zero-order valence-corrected chi connectivity index (χ0v) is 10.7. The Balaban J connectivity index is 3.06. The average Bonchev–Trinajstić information content (AvgIpc) is 2.35. The van der Waals surface area contributed by atoms with Crippen molar-refractivity contribution < 1.29 is 22.7 Å². The predicted octanol–water partition coefficient (Wildman–Crippen LogP) is 3.50. The van der Waals surface area contributed by atoms with Crippen LogP contribution in [0.15, 0.2) is 30.9 Å². The highest BCUT2D eigenvalue weighted by molar-refractivity contribution is 6.33. The van der Waals surface area contributed by atoms with Gasteiger partial charge in [-0.3, -0.25) is 0 Å². The van der Waals surface area contributed by atoms with Crippen molar-refractivity contribution in [2.45, 2.75) is 12.2 Å². The van der Waals surface area contributed by atoms with Gasteiger partial charge in [0.15, 0.2) is 0 Å². The van der Waals surface area contributed by atoms with Crippen molar-refractivity contribution in [3.63, 3.8) is 0 Å². The fraction of sp³-hybridized carbons (Fsp3) is 0.250. The minimum absolute atomic E-state index is 0.0215. The Labute approximate surface area is 113 Å². The van der Waals surface area contributed by atoms with Gasteiger partial charge in [0.25, 0.3) is 0 Å². The van der Waals surface area contributed by atoms with Gasteiger partial charge in [0.2, 0.25) is 0 Å². The van der Waals surface area contributed by atoms with Crippen LogP contribution in [0.1, 0.15) is 5.56 Å². The molecule has 0 aliphatic carbocycles. The number of halogens is 4. The van der Waals surface area contributed by atoms with Crippen LogP contribution in [0.5, 0.6) is 0 Å². The van der Waals surface area contributed by atoms with E-state index in [4.69, 9.17) is 11.6 Å². The number of carbonyl (C=O) groups is 1. The standard InChI is InChI=1S/C12H11ClF3NO2/c1-3-9(11(18)19-2)17-10-6-7(12(14,15)16)4-5-8(10)13/h3-6,9,17H,1H2,2H3. The number of anilines is 1.